The van der Waals surface area contributed by atoms with Gasteiger partial charge in [0.05, 0.1) is 0 Å². The van der Waals surface area contributed by atoms with Crippen molar-refractivity contribution in [3.05, 3.63) is 56.0 Å². The highest BCUT2D eigenvalue weighted by atomic mass is 13.9. The van der Waals surface area contributed by atoms with E-state index in [1.807, 2.05) is 24.3 Å². The van der Waals surface area contributed by atoms with Crippen molar-refractivity contribution >= 4 is 0 Å². The number of hydrogen-bond donors (Lipinski definition) is 0. The van der Waals surface area contributed by atoms with Gasteiger partial charge in [-0.05, 0) is 12.0 Å². The van der Waals surface area contributed by atoms with E-state index in [1.165, 1.54) is 5.56 Å². The van der Waals surface area contributed by atoms with Crippen molar-refractivity contribution in [2.75, 3.05) is 0 Å². The Balaban J connectivity index is 0.000000810. The van der Waals surface area contributed by atoms with Gasteiger partial charge in [0.1, 0.15) is 0 Å². The Hall–Kier alpha value is -1.04. The van der Waals surface area contributed by atoms with Crippen LogP contribution in [0.2, 0.25) is 0 Å². The first-order valence-electron chi connectivity index (χ1n) is 3.08. The summed E-state index contributed by atoms with van der Waals surface area (Å²) in [5.74, 6) is 0. The predicted octanol–water partition coefficient (Wildman–Crippen LogP) is 2.50. The van der Waals surface area contributed by atoms with Gasteiger partial charge in [-0.1, -0.05) is 36.4 Å². The molecule has 0 bridgehead atoms. The second kappa shape index (κ2) is 4.80. The summed E-state index contributed by atoms with van der Waals surface area (Å²) in [7, 11) is 0. The largest absolute Gasteiger partial charge is 0.103 e. The van der Waals surface area contributed by atoms with E-state index in [1.54, 1.807) is 0 Å². The fourth-order valence-corrected chi connectivity index (χ4v) is 0.781. The molecule has 0 aliphatic rings. The maximum Gasteiger partial charge on any atom is 0 e. The van der Waals surface area contributed by atoms with Crippen LogP contribution in [0.5, 0.6) is 0 Å². The SMILES string of the molecule is C=CCc1ccccc1.[C]. The van der Waals surface area contributed by atoms with Crippen LogP contribution in [0.1, 0.15) is 5.56 Å². The second-order valence-electron chi connectivity index (χ2n) is 1.98. The lowest BCUT2D eigenvalue weighted by Crippen LogP contribution is -1.75. The molecule has 1 aromatic rings. The quantitative estimate of drug-likeness (QED) is 0.539. The minimum Gasteiger partial charge on any atom is -0.103 e. The zero-order valence-electron chi connectivity index (χ0n) is 5.88. The summed E-state index contributed by atoms with van der Waals surface area (Å²) < 4.78 is 0. The summed E-state index contributed by atoms with van der Waals surface area (Å²) >= 11 is 0. The standard InChI is InChI=1S/C9H10.C/c1-2-6-9-7-4-3-5-8-9;/h2-5,7-8H,1,6H2;. The normalized spacial score (nSPS) is 8.00. The van der Waals surface area contributed by atoms with Crippen LogP contribution in [-0.4, -0.2) is 0 Å². The summed E-state index contributed by atoms with van der Waals surface area (Å²) in [5, 5.41) is 0. The van der Waals surface area contributed by atoms with Crippen molar-refractivity contribution in [2.24, 2.45) is 0 Å². The number of hydrogen-bond acceptors (Lipinski definition) is 0. The molecule has 1 rings (SSSR count). The number of rotatable bonds is 2. The third-order valence-electron chi connectivity index (χ3n) is 1.22. The van der Waals surface area contributed by atoms with Crippen LogP contribution >= 0.6 is 0 Å². The highest BCUT2D eigenvalue weighted by molar-refractivity contribution is 5.16. The van der Waals surface area contributed by atoms with Crippen molar-refractivity contribution in [1.82, 2.24) is 0 Å². The molecule has 0 aromatic heterocycles. The van der Waals surface area contributed by atoms with Crippen LogP contribution in [0.25, 0.3) is 0 Å². The minimum absolute atomic E-state index is 0. The first kappa shape index (κ1) is 8.96. The van der Waals surface area contributed by atoms with E-state index < -0.39 is 0 Å². The molecule has 50 valence electrons. The average molecular weight is 130 g/mol. The molecule has 0 unspecified atom stereocenters. The molecule has 4 radical (unpaired) electrons. The number of allylic oxidation sites excluding steroid dienone is 1. The van der Waals surface area contributed by atoms with Gasteiger partial charge < -0.3 is 0 Å². The molecule has 0 aliphatic carbocycles. The molecule has 10 heavy (non-hydrogen) atoms. The molecule has 1 aromatic carbocycles. The molecule has 0 nitrogen and oxygen atoms in total. The molecule has 0 amide bonds. The Morgan fingerprint density at radius 3 is 2.30 bits per heavy atom. The maximum atomic E-state index is 3.66. The van der Waals surface area contributed by atoms with E-state index >= 15 is 0 Å². The van der Waals surface area contributed by atoms with Gasteiger partial charge in [-0.3, -0.25) is 0 Å². The van der Waals surface area contributed by atoms with Crippen LogP contribution in [0.3, 0.4) is 0 Å². The highest BCUT2D eigenvalue weighted by Crippen LogP contribution is 1.98. The summed E-state index contributed by atoms with van der Waals surface area (Å²) in [4.78, 5) is 0. The summed E-state index contributed by atoms with van der Waals surface area (Å²) in [5.41, 5.74) is 1.33. The van der Waals surface area contributed by atoms with Crippen LogP contribution in [0, 0.1) is 7.43 Å². The third kappa shape index (κ3) is 2.49. The summed E-state index contributed by atoms with van der Waals surface area (Å²) in [6.07, 6.45) is 2.89. The van der Waals surface area contributed by atoms with Gasteiger partial charge in [-0.25, -0.2) is 0 Å². The van der Waals surface area contributed by atoms with E-state index in [2.05, 4.69) is 18.7 Å². The van der Waals surface area contributed by atoms with Crippen molar-refractivity contribution in [2.45, 2.75) is 6.42 Å². The molecule has 0 heteroatoms. The van der Waals surface area contributed by atoms with E-state index in [9.17, 15) is 0 Å². The Kier molecular flexibility index (Phi) is 4.30. The van der Waals surface area contributed by atoms with Gasteiger partial charge in [0.2, 0.25) is 0 Å². The Morgan fingerprint density at radius 2 is 1.80 bits per heavy atom. The van der Waals surface area contributed by atoms with Crippen molar-refractivity contribution in [1.29, 1.82) is 0 Å². The fourth-order valence-electron chi connectivity index (χ4n) is 0.781. The monoisotopic (exact) mass is 130 g/mol. The van der Waals surface area contributed by atoms with Crippen molar-refractivity contribution in [3.63, 3.8) is 0 Å². The first-order chi connectivity index (χ1) is 4.43. The average Bonchev–Trinajstić information content (AvgIpc) is 1.91. The molecule has 0 atom stereocenters. The highest BCUT2D eigenvalue weighted by Gasteiger charge is 1.82. The minimum atomic E-state index is 0. The second-order valence-corrected chi connectivity index (χ2v) is 1.98. The molecular weight excluding hydrogens is 120 g/mol. The molecule has 0 aliphatic heterocycles. The van der Waals surface area contributed by atoms with Gasteiger partial charge in [-0.2, -0.15) is 0 Å². The third-order valence-corrected chi connectivity index (χ3v) is 1.22. The summed E-state index contributed by atoms with van der Waals surface area (Å²) in [6, 6.07) is 10.3. The number of benzene rings is 1. The van der Waals surface area contributed by atoms with Crippen LogP contribution in [0.4, 0.5) is 0 Å². The Bertz CT molecular complexity index is 174. The van der Waals surface area contributed by atoms with Gasteiger partial charge in [-0.15, -0.1) is 6.58 Å². The maximum absolute atomic E-state index is 3.66. The molecular formula is C10H10. The van der Waals surface area contributed by atoms with Crippen molar-refractivity contribution < 1.29 is 0 Å². The lowest BCUT2D eigenvalue weighted by Gasteiger charge is -1.91. The van der Waals surface area contributed by atoms with E-state index in [0.29, 0.717) is 0 Å². The molecule has 0 N–H and O–H groups in total. The van der Waals surface area contributed by atoms with Crippen LogP contribution in [0.15, 0.2) is 43.0 Å². The molecule has 0 saturated carbocycles. The zero-order valence-corrected chi connectivity index (χ0v) is 5.88. The van der Waals surface area contributed by atoms with Crippen LogP contribution < -0.4 is 0 Å². The Labute approximate surface area is 63.2 Å². The van der Waals surface area contributed by atoms with Gasteiger partial charge in [0, 0.05) is 7.43 Å². The van der Waals surface area contributed by atoms with Gasteiger partial charge in [0.25, 0.3) is 0 Å². The lowest BCUT2D eigenvalue weighted by atomic mass is 10.2. The molecule has 0 spiro atoms. The molecule has 0 fully saturated rings. The van der Waals surface area contributed by atoms with Gasteiger partial charge in [0.15, 0.2) is 0 Å². The lowest BCUT2D eigenvalue weighted by molar-refractivity contribution is 1.28. The van der Waals surface area contributed by atoms with E-state index in [0.717, 1.165) is 6.42 Å². The zero-order chi connectivity index (χ0) is 6.53. The predicted molar refractivity (Wildman–Crippen MR) is 43.6 cm³/mol. The Morgan fingerprint density at radius 1 is 1.20 bits per heavy atom. The smallest absolute Gasteiger partial charge is 0 e. The fraction of sp³-hybridized carbons (Fsp3) is 0.100. The molecule has 0 saturated heterocycles. The molecule has 0 heterocycles. The van der Waals surface area contributed by atoms with Crippen LogP contribution in [-0.2, 0) is 6.42 Å². The first-order valence-corrected chi connectivity index (χ1v) is 3.08. The topological polar surface area (TPSA) is 0 Å². The van der Waals surface area contributed by atoms with E-state index in [-0.39, 0.29) is 7.43 Å². The van der Waals surface area contributed by atoms with Gasteiger partial charge >= 0.3 is 0 Å². The van der Waals surface area contributed by atoms with Crippen molar-refractivity contribution in [3.8, 4) is 0 Å². The van der Waals surface area contributed by atoms with E-state index in [4.69, 9.17) is 0 Å². The summed E-state index contributed by atoms with van der Waals surface area (Å²) in [6.45, 7) is 3.66.